The predicted octanol–water partition coefficient (Wildman–Crippen LogP) is 0.871. The molecule has 0 amide bonds. The fraction of sp³-hybridized carbons (Fsp3) is 0.333. The second kappa shape index (κ2) is 5.47. The molecule has 0 fully saturated rings. The van der Waals surface area contributed by atoms with Gasteiger partial charge in [-0.15, -0.1) is 0 Å². The van der Waals surface area contributed by atoms with E-state index in [4.69, 9.17) is 0 Å². The van der Waals surface area contributed by atoms with Crippen LogP contribution >= 0.6 is 15.9 Å². The summed E-state index contributed by atoms with van der Waals surface area (Å²) < 4.78 is 47.6. The van der Waals surface area contributed by atoms with Crippen LogP contribution in [0.4, 0.5) is 0 Å². The Bertz CT molecular complexity index is 578. The summed E-state index contributed by atoms with van der Waals surface area (Å²) in [6, 6.07) is 7.04. The third-order valence-electron chi connectivity index (χ3n) is 1.78. The van der Waals surface area contributed by atoms with Gasteiger partial charge in [0.15, 0.2) is 14.9 Å². The third kappa shape index (κ3) is 6.16. The van der Waals surface area contributed by atoms with Crippen molar-refractivity contribution in [3.05, 3.63) is 34.3 Å². The summed E-state index contributed by atoms with van der Waals surface area (Å²) in [5.41, 5.74) is 0.755. The quantitative estimate of drug-likeness (QED) is 0.861. The van der Waals surface area contributed by atoms with E-state index in [1.54, 1.807) is 24.3 Å². The highest BCUT2D eigenvalue weighted by Gasteiger charge is 2.17. The Hall–Kier alpha value is -0.440. The van der Waals surface area contributed by atoms with Crippen molar-refractivity contribution in [1.29, 1.82) is 0 Å². The van der Waals surface area contributed by atoms with Gasteiger partial charge < -0.3 is 0 Å². The number of sulfone groups is 1. The topological polar surface area (TPSA) is 80.3 Å². The molecule has 0 aliphatic carbocycles. The van der Waals surface area contributed by atoms with Gasteiger partial charge in [0.25, 0.3) is 0 Å². The maximum absolute atomic E-state index is 11.4. The van der Waals surface area contributed by atoms with E-state index < -0.39 is 24.9 Å². The number of halogens is 1. The summed E-state index contributed by atoms with van der Waals surface area (Å²) in [4.78, 5) is 0. The average Bonchev–Trinajstić information content (AvgIpc) is 2.13. The lowest BCUT2D eigenvalue weighted by molar-refractivity contribution is 0.580. The van der Waals surface area contributed by atoms with E-state index in [0.29, 0.717) is 0 Å². The summed E-state index contributed by atoms with van der Waals surface area (Å²) in [6.07, 6.45) is 0.881. The number of sulfonamides is 1. The van der Waals surface area contributed by atoms with Crippen molar-refractivity contribution in [2.24, 2.45) is 0 Å². The van der Waals surface area contributed by atoms with Gasteiger partial charge in [-0.2, -0.15) is 0 Å². The molecule has 0 aliphatic heterocycles. The molecular formula is C9H12BrNO4S2. The summed E-state index contributed by atoms with van der Waals surface area (Å²) in [7, 11) is -7.35. The number of nitrogens with one attached hydrogen (secondary N) is 1. The summed E-state index contributed by atoms with van der Waals surface area (Å²) in [5, 5.41) is -0.892. The maximum Gasteiger partial charge on any atom is 0.226 e. The van der Waals surface area contributed by atoms with Crippen LogP contribution in [0.25, 0.3) is 0 Å². The monoisotopic (exact) mass is 341 g/mol. The second-order valence-electron chi connectivity index (χ2n) is 3.61. The first kappa shape index (κ1) is 14.6. The number of rotatable bonds is 5. The van der Waals surface area contributed by atoms with Gasteiger partial charge in [-0.1, -0.05) is 28.1 Å². The van der Waals surface area contributed by atoms with Gasteiger partial charge in [0.2, 0.25) is 10.0 Å². The van der Waals surface area contributed by atoms with Gasteiger partial charge in [0, 0.05) is 17.3 Å². The molecule has 0 saturated carbocycles. The van der Waals surface area contributed by atoms with Crippen LogP contribution in [-0.2, 0) is 26.4 Å². The van der Waals surface area contributed by atoms with Crippen molar-refractivity contribution in [3.8, 4) is 0 Å². The summed E-state index contributed by atoms with van der Waals surface area (Å²) in [5.74, 6) is 0. The molecule has 0 radical (unpaired) electrons. The van der Waals surface area contributed by atoms with Crippen LogP contribution in [0.1, 0.15) is 5.56 Å². The summed E-state index contributed by atoms with van der Waals surface area (Å²) in [6.45, 7) is 0.0745. The first-order valence-corrected chi connectivity index (χ1v) is 9.08. The normalized spacial score (nSPS) is 12.6. The molecule has 0 atom stereocenters. The maximum atomic E-state index is 11.4. The molecule has 0 aromatic heterocycles. The van der Waals surface area contributed by atoms with Crippen molar-refractivity contribution >= 4 is 35.8 Å². The van der Waals surface area contributed by atoms with E-state index in [9.17, 15) is 16.8 Å². The number of hydrogen-bond acceptors (Lipinski definition) is 4. The zero-order valence-corrected chi connectivity index (χ0v) is 12.3. The Kier molecular flexibility index (Phi) is 4.70. The van der Waals surface area contributed by atoms with E-state index in [1.807, 2.05) is 0 Å². The highest BCUT2D eigenvalue weighted by atomic mass is 79.9. The van der Waals surface area contributed by atoms with Gasteiger partial charge in [0.05, 0.1) is 0 Å². The Balaban J connectivity index is 2.65. The average molecular weight is 342 g/mol. The van der Waals surface area contributed by atoms with Crippen molar-refractivity contribution < 1.29 is 16.8 Å². The molecule has 0 unspecified atom stereocenters. The molecular weight excluding hydrogens is 330 g/mol. The molecule has 1 rings (SSSR count). The minimum absolute atomic E-state index is 0.0745. The van der Waals surface area contributed by atoms with E-state index in [0.717, 1.165) is 16.3 Å². The molecule has 1 aromatic rings. The second-order valence-corrected chi connectivity index (χ2v) is 8.83. The lowest BCUT2D eigenvalue weighted by atomic mass is 10.2. The van der Waals surface area contributed by atoms with Crippen LogP contribution in [0.2, 0.25) is 0 Å². The van der Waals surface area contributed by atoms with E-state index >= 15 is 0 Å². The van der Waals surface area contributed by atoms with E-state index in [-0.39, 0.29) is 6.54 Å². The smallest absolute Gasteiger partial charge is 0.226 e. The highest BCUT2D eigenvalue weighted by Crippen LogP contribution is 2.10. The van der Waals surface area contributed by atoms with Crippen LogP contribution in [0.15, 0.2) is 28.7 Å². The van der Waals surface area contributed by atoms with Crippen LogP contribution in [0, 0.1) is 0 Å². The van der Waals surface area contributed by atoms with E-state index in [1.165, 1.54) is 0 Å². The standard InChI is InChI=1S/C9H12BrNO4S2/c1-16(12,13)7-17(14,15)11-6-8-2-4-9(10)5-3-8/h2-5,11H,6-7H2,1H3. The first-order valence-electron chi connectivity index (χ1n) is 4.57. The molecule has 17 heavy (non-hydrogen) atoms. The summed E-state index contributed by atoms with van der Waals surface area (Å²) >= 11 is 3.26. The lowest BCUT2D eigenvalue weighted by Gasteiger charge is -2.05. The van der Waals surface area contributed by atoms with Crippen molar-refractivity contribution in [2.45, 2.75) is 6.54 Å². The number of benzene rings is 1. The van der Waals surface area contributed by atoms with Crippen LogP contribution in [-0.4, -0.2) is 28.2 Å². The molecule has 0 spiro atoms. The van der Waals surface area contributed by atoms with Gasteiger partial charge in [-0.25, -0.2) is 21.6 Å². The largest absolute Gasteiger partial charge is 0.228 e. The van der Waals surface area contributed by atoms with Crippen LogP contribution in [0.5, 0.6) is 0 Å². The zero-order valence-electron chi connectivity index (χ0n) is 9.05. The Morgan fingerprint density at radius 1 is 1.12 bits per heavy atom. The molecule has 0 saturated heterocycles. The molecule has 0 aliphatic rings. The first-order chi connectivity index (χ1) is 7.68. The lowest BCUT2D eigenvalue weighted by Crippen LogP contribution is -2.29. The highest BCUT2D eigenvalue weighted by molar-refractivity contribution is 9.10. The predicted molar refractivity (Wildman–Crippen MR) is 69.6 cm³/mol. The molecule has 1 N–H and O–H groups in total. The van der Waals surface area contributed by atoms with Gasteiger partial charge in [-0.05, 0) is 17.7 Å². The third-order valence-corrected chi connectivity index (χ3v) is 5.85. The minimum atomic E-state index is -3.80. The molecule has 0 bridgehead atoms. The number of hydrogen-bond donors (Lipinski definition) is 1. The Morgan fingerprint density at radius 3 is 2.12 bits per heavy atom. The van der Waals surface area contributed by atoms with E-state index in [2.05, 4.69) is 20.7 Å². The Morgan fingerprint density at radius 2 is 1.65 bits per heavy atom. The van der Waals surface area contributed by atoms with Gasteiger partial charge in [0.1, 0.15) is 0 Å². The minimum Gasteiger partial charge on any atom is -0.228 e. The van der Waals surface area contributed by atoms with Gasteiger partial charge >= 0.3 is 0 Å². The fourth-order valence-corrected chi connectivity index (χ4v) is 4.36. The van der Waals surface area contributed by atoms with Crippen molar-refractivity contribution in [2.75, 3.05) is 11.3 Å². The molecule has 5 nitrogen and oxygen atoms in total. The zero-order chi connectivity index (χ0) is 13.1. The Labute approximate surface area is 109 Å². The van der Waals surface area contributed by atoms with Crippen LogP contribution in [0.3, 0.4) is 0 Å². The molecule has 8 heteroatoms. The van der Waals surface area contributed by atoms with Crippen LogP contribution < -0.4 is 4.72 Å². The van der Waals surface area contributed by atoms with Gasteiger partial charge in [-0.3, -0.25) is 0 Å². The SMILES string of the molecule is CS(=O)(=O)CS(=O)(=O)NCc1ccc(Br)cc1. The van der Waals surface area contributed by atoms with Crippen molar-refractivity contribution in [3.63, 3.8) is 0 Å². The molecule has 1 aromatic carbocycles. The van der Waals surface area contributed by atoms with Crippen molar-refractivity contribution in [1.82, 2.24) is 4.72 Å². The molecule has 0 heterocycles. The fourth-order valence-electron chi connectivity index (χ4n) is 1.12. The molecule has 96 valence electrons.